The van der Waals surface area contributed by atoms with Crippen LogP contribution in [0.3, 0.4) is 0 Å². The SMILES string of the molecule is [2H]C([2H])([2H])N(C(=O)N[C@@H](C(=O)N1CCC2(CC1)CCC(C)(C(=O)O)CC2)[C@@H](C)c1ccc(NC(=O)[C@@H](NC(=O)c2ccnn2CC)C2CCC(C)CC2)c(F)c1)C1CC1. The van der Waals surface area contributed by atoms with Gasteiger partial charge in [0.25, 0.3) is 5.91 Å². The molecule has 4 fully saturated rings. The Morgan fingerprint density at radius 1 is 1.00 bits per heavy atom. The van der Waals surface area contributed by atoms with Crippen LogP contribution in [0.2, 0.25) is 0 Å². The summed E-state index contributed by atoms with van der Waals surface area (Å²) in [5.74, 6) is -3.49. The molecule has 2 heterocycles. The number of carbonyl (C=O) groups is 5. The number of piperidine rings is 1. The Morgan fingerprint density at radius 2 is 1.68 bits per heavy atom. The highest BCUT2D eigenvalue weighted by Gasteiger charge is 2.47. The van der Waals surface area contributed by atoms with E-state index >= 15 is 4.39 Å². The van der Waals surface area contributed by atoms with Crippen molar-refractivity contribution in [2.24, 2.45) is 22.7 Å². The van der Waals surface area contributed by atoms with Crippen LogP contribution in [0.15, 0.2) is 30.5 Å². The van der Waals surface area contributed by atoms with Crippen molar-refractivity contribution in [1.82, 2.24) is 30.2 Å². The third kappa shape index (κ3) is 9.04. The summed E-state index contributed by atoms with van der Waals surface area (Å²) in [6.07, 6.45) is 9.72. The number of anilines is 1. The Kier molecular flexibility index (Phi) is 11.2. The van der Waals surface area contributed by atoms with Crippen LogP contribution in [0.25, 0.3) is 0 Å². The molecule has 2 aromatic rings. The van der Waals surface area contributed by atoms with E-state index in [-0.39, 0.29) is 17.0 Å². The minimum atomic E-state index is -2.73. The number of urea groups is 1. The number of hydrogen-bond acceptors (Lipinski definition) is 6. The molecule has 56 heavy (non-hydrogen) atoms. The lowest BCUT2D eigenvalue weighted by Gasteiger charge is -2.48. The van der Waals surface area contributed by atoms with E-state index in [2.05, 4.69) is 28.0 Å². The Balaban J connectivity index is 1.19. The molecule has 4 N–H and O–H groups in total. The lowest BCUT2D eigenvalue weighted by Crippen LogP contribution is -2.56. The summed E-state index contributed by atoms with van der Waals surface area (Å²) in [6, 6.07) is 2.20. The number of amides is 5. The van der Waals surface area contributed by atoms with Gasteiger partial charge in [-0.05, 0) is 119 Å². The quantitative estimate of drug-likeness (QED) is 0.200. The molecule has 13 nitrogen and oxygen atoms in total. The van der Waals surface area contributed by atoms with Gasteiger partial charge in [-0.3, -0.25) is 23.9 Å². The van der Waals surface area contributed by atoms with Gasteiger partial charge < -0.3 is 30.9 Å². The first-order valence-electron chi connectivity index (χ1n) is 21.9. The lowest BCUT2D eigenvalue weighted by molar-refractivity contribution is -0.152. The zero-order valence-corrected chi connectivity index (χ0v) is 33.1. The fourth-order valence-electron chi connectivity index (χ4n) is 8.87. The van der Waals surface area contributed by atoms with E-state index in [1.165, 1.54) is 23.0 Å². The highest BCUT2D eigenvalue weighted by molar-refractivity contribution is 6.00. The van der Waals surface area contributed by atoms with Crippen molar-refractivity contribution < 1.29 is 37.6 Å². The number of carbonyl (C=O) groups excluding carboxylic acids is 4. The zero-order valence-electron chi connectivity index (χ0n) is 36.1. The molecule has 5 amide bonds. The second-order valence-electron chi connectivity index (χ2n) is 17.2. The van der Waals surface area contributed by atoms with Crippen LogP contribution >= 0.6 is 0 Å². The molecule has 1 aliphatic heterocycles. The second-order valence-corrected chi connectivity index (χ2v) is 17.2. The Labute approximate surface area is 333 Å². The van der Waals surface area contributed by atoms with Crippen molar-refractivity contribution in [3.05, 3.63) is 47.5 Å². The lowest BCUT2D eigenvalue weighted by atomic mass is 9.61. The average molecular weight is 781 g/mol. The van der Waals surface area contributed by atoms with E-state index in [9.17, 15) is 29.1 Å². The maximum absolute atomic E-state index is 16.1. The summed E-state index contributed by atoms with van der Waals surface area (Å²) in [4.78, 5) is 69.7. The topological polar surface area (TPSA) is 166 Å². The van der Waals surface area contributed by atoms with Crippen LogP contribution in [0, 0.1) is 28.5 Å². The molecular formula is C42H60FN7O6. The van der Waals surface area contributed by atoms with E-state index in [0.717, 1.165) is 43.4 Å². The number of aryl methyl sites for hydroxylation is 1. The number of aliphatic carboxylic acids is 1. The number of aromatic nitrogens is 2. The van der Waals surface area contributed by atoms with Crippen LogP contribution in [0.1, 0.15) is 131 Å². The van der Waals surface area contributed by atoms with Crippen molar-refractivity contribution in [2.45, 2.75) is 135 Å². The predicted octanol–water partition coefficient (Wildman–Crippen LogP) is 6.16. The molecule has 1 aromatic carbocycles. The minimum Gasteiger partial charge on any atom is -0.481 e. The highest BCUT2D eigenvalue weighted by atomic mass is 19.1. The van der Waals surface area contributed by atoms with Gasteiger partial charge in [0.1, 0.15) is 23.6 Å². The van der Waals surface area contributed by atoms with E-state index < -0.39 is 72.0 Å². The molecule has 0 bridgehead atoms. The molecule has 14 heteroatoms. The Hall–Kier alpha value is -4.49. The van der Waals surface area contributed by atoms with Gasteiger partial charge in [0.15, 0.2) is 0 Å². The number of nitrogens with zero attached hydrogens (tertiary/aromatic N) is 4. The summed E-state index contributed by atoms with van der Waals surface area (Å²) in [7, 11) is 0. The third-order valence-electron chi connectivity index (χ3n) is 13.4. The smallest absolute Gasteiger partial charge is 0.318 e. The van der Waals surface area contributed by atoms with Crippen molar-refractivity contribution >= 4 is 35.4 Å². The number of nitrogens with one attached hydrogen (secondary N) is 3. The highest BCUT2D eigenvalue weighted by Crippen LogP contribution is 2.50. The maximum Gasteiger partial charge on any atom is 0.318 e. The second kappa shape index (κ2) is 16.9. The van der Waals surface area contributed by atoms with Gasteiger partial charge >= 0.3 is 12.0 Å². The summed E-state index contributed by atoms with van der Waals surface area (Å²) in [5.41, 5.74) is -0.304. The fraction of sp³-hybridized carbons (Fsp3) is 0.667. The molecule has 1 aromatic heterocycles. The minimum absolute atomic E-state index is 0.0845. The number of carboxylic acid groups (broad SMARTS) is 1. The summed E-state index contributed by atoms with van der Waals surface area (Å²) < 4.78 is 41.7. The first-order chi connectivity index (χ1) is 27.8. The molecule has 1 spiro atoms. The van der Waals surface area contributed by atoms with Crippen LogP contribution in [0.5, 0.6) is 0 Å². The van der Waals surface area contributed by atoms with Crippen LogP contribution in [0.4, 0.5) is 14.9 Å². The summed E-state index contributed by atoms with van der Waals surface area (Å²) in [5, 5.41) is 22.2. The predicted molar refractivity (Wildman–Crippen MR) is 209 cm³/mol. The van der Waals surface area contributed by atoms with Crippen molar-refractivity contribution in [3.8, 4) is 0 Å². The number of hydrogen-bond donors (Lipinski definition) is 4. The summed E-state index contributed by atoms with van der Waals surface area (Å²) in [6.45, 7) is 5.95. The molecule has 4 aliphatic rings. The largest absolute Gasteiger partial charge is 0.481 e. The summed E-state index contributed by atoms with van der Waals surface area (Å²) >= 11 is 0. The van der Waals surface area contributed by atoms with Crippen LogP contribution in [-0.4, -0.2) is 92.6 Å². The normalized spacial score (nSPS) is 24.4. The molecule has 3 aliphatic carbocycles. The van der Waals surface area contributed by atoms with Crippen molar-refractivity contribution in [3.63, 3.8) is 0 Å². The van der Waals surface area contributed by atoms with Crippen LogP contribution < -0.4 is 16.0 Å². The molecule has 3 atom stereocenters. The maximum atomic E-state index is 16.1. The number of benzene rings is 1. The van der Waals surface area contributed by atoms with Crippen molar-refractivity contribution in [2.75, 3.05) is 25.4 Å². The number of halogens is 1. The molecule has 3 saturated carbocycles. The van der Waals surface area contributed by atoms with Gasteiger partial charge in [-0.1, -0.05) is 32.8 Å². The third-order valence-corrected chi connectivity index (χ3v) is 13.4. The van der Waals surface area contributed by atoms with Gasteiger partial charge in [0.2, 0.25) is 11.8 Å². The zero-order chi connectivity index (χ0) is 42.9. The molecule has 1 saturated heterocycles. The van der Waals surface area contributed by atoms with Gasteiger partial charge in [-0.25, -0.2) is 9.18 Å². The number of rotatable bonds is 12. The molecule has 306 valence electrons. The van der Waals surface area contributed by atoms with Gasteiger partial charge in [-0.15, -0.1) is 0 Å². The Bertz CT molecular complexity index is 1880. The molecule has 6 rings (SSSR count). The average Bonchev–Trinajstić information content (AvgIpc) is 3.90. The van der Waals surface area contributed by atoms with E-state index in [1.54, 1.807) is 30.9 Å². The number of likely N-dealkylation sites (tertiary alicyclic amines) is 1. The molecule has 0 unspecified atom stereocenters. The van der Waals surface area contributed by atoms with Crippen molar-refractivity contribution in [1.29, 1.82) is 0 Å². The van der Waals surface area contributed by atoms with E-state index in [4.69, 9.17) is 4.11 Å². The Morgan fingerprint density at radius 3 is 2.27 bits per heavy atom. The van der Waals surface area contributed by atoms with Crippen LogP contribution in [-0.2, 0) is 20.9 Å². The van der Waals surface area contributed by atoms with Gasteiger partial charge in [-0.2, -0.15) is 5.10 Å². The number of carboxylic acids is 1. The first-order valence-corrected chi connectivity index (χ1v) is 20.4. The van der Waals surface area contributed by atoms with E-state index in [1.807, 2.05) is 6.92 Å². The van der Waals surface area contributed by atoms with Gasteiger partial charge in [0.05, 0.1) is 11.1 Å². The van der Waals surface area contributed by atoms with E-state index in [0.29, 0.717) is 75.3 Å². The van der Waals surface area contributed by atoms with Gasteiger partial charge in [0, 0.05) is 48.9 Å². The molecule has 0 radical (unpaired) electrons. The first kappa shape index (κ1) is 37.1. The molecular weight excluding hydrogens is 718 g/mol. The standard InChI is InChI=1S/C42H60FN7O6/c1-6-50-33(15-22-44-50)36(51)46-35(28-9-7-26(2)8-10-28)37(52)45-32-14-11-29(25-31(32)43)27(3)34(47-40(56)48(5)30-12-13-30)38(53)49-23-20-42(21-24-49)18-16-41(4,17-19-42)39(54)55/h11,14-15,22,25-28,30,34-35H,6-10,12-13,16-21,23-24H2,1-5H3,(H,45,52)(H,46,51)(H,47,56)(H,54,55)/t26?,27-,28?,34+,35-/m0/s1/i5D3. The fourth-order valence-corrected chi connectivity index (χ4v) is 8.87. The monoisotopic (exact) mass is 780 g/mol.